The molecule has 1 heterocycles. The van der Waals surface area contributed by atoms with Gasteiger partial charge in [-0.3, -0.25) is 4.90 Å². The van der Waals surface area contributed by atoms with Crippen LogP contribution in [0.15, 0.2) is 0 Å². The van der Waals surface area contributed by atoms with Gasteiger partial charge in [0.25, 0.3) is 0 Å². The van der Waals surface area contributed by atoms with E-state index in [1.54, 1.807) is 0 Å². The molecule has 1 aliphatic heterocycles. The second-order valence-corrected chi connectivity index (χ2v) is 5.61. The Morgan fingerprint density at radius 3 is 2.67 bits per heavy atom. The van der Waals surface area contributed by atoms with Crippen molar-refractivity contribution in [3.05, 3.63) is 0 Å². The molecule has 2 N–H and O–H groups in total. The Kier molecular flexibility index (Phi) is 2.71. The molecule has 0 radical (unpaired) electrons. The highest BCUT2D eigenvalue weighted by Crippen LogP contribution is 2.30. The van der Waals surface area contributed by atoms with Crippen molar-refractivity contribution < 1.29 is 5.11 Å². The minimum absolute atomic E-state index is 0.00309. The van der Waals surface area contributed by atoms with E-state index in [0.717, 1.165) is 37.4 Å². The van der Waals surface area contributed by atoms with Gasteiger partial charge in [0, 0.05) is 25.2 Å². The largest absolute Gasteiger partial charge is 0.393 e. The summed E-state index contributed by atoms with van der Waals surface area (Å²) in [4.78, 5) is 2.65. The molecule has 86 valence electrons. The van der Waals surface area contributed by atoms with Crippen molar-refractivity contribution in [3.63, 3.8) is 0 Å². The van der Waals surface area contributed by atoms with E-state index in [0.29, 0.717) is 0 Å². The smallest absolute Gasteiger partial charge is 0.0546 e. The van der Waals surface area contributed by atoms with Gasteiger partial charge in [-0.2, -0.15) is 0 Å². The molecule has 2 aliphatic carbocycles. The molecule has 2 saturated carbocycles. The fraction of sp³-hybridized carbons (Fsp3) is 1.00. The van der Waals surface area contributed by atoms with Crippen LogP contribution in [0.4, 0.5) is 0 Å². The van der Waals surface area contributed by atoms with Gasteiger partial charge in [0.05, 0.1) is 6.10 Å². The van der Waals surface area contributed by atoms with Gasteiger partial charge in [-0.05, 0) is 44.6 Å². The molecular formula is C12H22N2O. The van der Waals surface area contributed by atoms with Crippen molar-refractivity contribution in [2.75, 3.05) is 19.6 Å². The highest BCUT2D eigenvalue weighted by atomic mass is 16.3. The zero-order valence-electron chi connectivity index (χ0n) is 9.36. The lowest BCUT2D eigenvalue weighted by atomic mass is 9.82. The van der Waals surface area contributed by atoms with Crippen molar-refractivity contribution in [1.82, 2.24) is 10.2 Å². The maximum atomic E-state index is 9.20. The van der Waals surface area contributed by atoms with Crippen LogP contribution < -0.4 is 5.32 Å². The molecule has 0 amide bonds. The first kappa shape index (κ1) is 10.1. The first-order chi connectivity index (χ1) is 7.31. The first-order valence-electron chi connectivity index (χ1n) is 6.47. The van der Waals surface area contributed by atoms with Crippen LogP contribution in [-0.2, 0) is 0 Å². The number of rotatable bonds is 4. The fourth-order valence-corrected chi connectivity index (χ4v) is 2.93. The lowest BCUT2D eigenvalue weighted by Gasteiger charge is -2.32. The Hall–Kier alpha value is -0.120. The van der Waals surface area contributed by atoms with Crippen molar-refractivity contribution in [2.24, 2.45) is 5.92 Å². The van der Waals surface area contributed by atoms with Gasteiger partial charge in [0.2, 0.25) is 0 Å². The summed E-state index contributed by atoms with van der Waals surface area (Å²) in [7, 11) is 0. The molecule has 1 unspecified atom stereocenters. The van der Waals surface area contributed by atoms with Crippen LogP contribution in [0.2, 0.25) is 0 Å². The summed E-state index contributed by atoms with van der Waals surface area (Å²) in [6.07, 6.45) is 6.23. The molecule has 0 aromatic heterocycles. The van der Waals surface area contributed by atoms with Crippen molar-refractivity contribution >= 4 is 0 Å². The topological polar surface area (TPSA) is 35.5 Å². The van der Waals surface area contributed by atoms with Gasteiger partial charge in [-0.25, -0.2) is 0 Å². The monoisotopic (exact) mass is 210 g/mol. The minimum Gasteiger partial charge on any atom is -0.393 e. The van der Waals surface area contributed by atoms with E-state index in [1.807, 2.05) is 0 Å². The molecule has 3 fully saturated rings. The predicted molar refractivity (Wildman–Crippen MR) is 59.7 cm³/mol. The average Bonchev–Trinajstić information content (AvgIpc) is 2.92. The lowest BCUT2D eigenvalue weighted by Crippen LogP contribution is -2.41. The molecule has 15 heavy (non-hydrogen) atoms. The summed E-state index contributed by atoms with van der Waals surface area (Å²) in [5.74, 6) is 0.745. The fourth-order valence-electron chi connectivity index (χ4n) is 2.93. The van der Waals surface area contributed by atoms with Crippen LogP contribution >= 0.6 is 0 Å². The second-order valence-electron chi connectivity index (χ2n) is 5.61. The normalized spacial score (nSPS) is 41.8. The Bertz CT molecular complexity index is 224. The standard InChI is InChI=1S/C12H22N2O/c15-12-5-9(6-12)7-13-10-3-4-14(8-10)11-1-2-11/h9-13,15H,1-8H2. The van der Waals surface area contributed by atoms with Crippen LogP contribution in [0, 0.1) is 5.92 Å². The number of hydrogen-bond acceptors (Lipinski definition) is 3. The predicted octanol–water partition coefficient (Wildman–Crippen LogP) is 0.584. The van der Waals surface area contributed by atoms with E-state index in [9.17, 15) is 5.11 Å². The van der Waals surface area contributed by atoms with Gasteiger partial charge in [-0.1, -0.05) is 0 Å². The number of aliphatic hydroxyl groups excluding tert-OH is 1. The van der Waals surface area contributed by atoms with Gasteiger partial charge in [-0.15, -0.1) is 0 Å². The molecule has 1 saturated heterocycles. The van der Waals surface area contributed by atoms with E-state index < -0.39 is 0 Å². The quantitative estimate of drug-likeness (QED) is 0.712. The van der Waals surface area contributed by atoms with Gasteiger partial charge in [0.1, 0.15) is 0 Å². The van der Waals surface area contributed by atoms with Crippen molar-refractivity contribution in [2.45, 2.75) is 50.3 Å². The molecular weight excluding hydrogens is 188 g/mol. The molecule has 0 bridgehead atoms. The SMILES string of the molecule is OC1CC(CNC2CCN(C3CC3)C2)C1. The Balaban J connectivity index is 1.34. The second kappa shape index (κ2) is 4.04. The van der Waals surface area contributed by atoms with Gasteiger partial charge < -0.3 is 10.4 Å². The highest BCUT2D eigenvalue weighted by Gasteiger charge is 2.35. The van der Waals surface area contributed by atoms with Crippen LogP contribution in [0.5, 0.6) is 0 Å². The van der Waals surface area contributed by atoms with E-state index in [1.165, 1.54) is 32.4 Å². The Morgan fingerprint density at radius 2 is 2.00 bits per heavy atom. The van der Waals surface area contributed by atoms with Crippen LogP contribution in [0.1, 0.15) is 32.1 Å². The summed E-state index contributed by atoms with van der Waals surface area (Å²) in [5.41, 5.74) is 0. The molecule has 0 spiro atoms. The third-order valence-electron chi connectivity index (χ3n) is 4.19. The zero-order valence-corrected chi connectivity index (χ0v) is 9.36. The van der Waals surface area contributed by atoms with Gasteiger partial charge >= 0.3 is 0 Å². The lowest BCUT2D eigenvalue weighted by molar-refractivity contribution is 0.0419. The number of hydrogen-bond donors (Lipinski definition) is 2. The number of likely N-dealkylation sites (tertiary alicyclic amines) is 1. The van der Waals surface area contributed by atoms with Gasteiger partial charge in [0.15, 0.2) is 0 Å². The van der Waals surface area contributed by atoms with E-state index >= 15 is 0 Å². The molecule has 0 aromatic rings. The van der Waals surface area contributed by atoms with Crippen LogP contribution in [0.25, 0.3) is 0 Å². The molecule has 0 aromatic carbocycles. The van der Waals surface area contributed by atoms with Crippen LogP contribution in [-0.4, -0.2) is 47.8 Å². The minimum atomic E-state index is 0.00309. The number of nitrogens with zero attached hydrogens (tertiary/aromatic N) is 1. The van der Waals surface area contributed by atoms with E-state index in [4.69, 9.17) is 0 Å². The maximum Gasteiger partial charge on any atom is 0.0546 e. The summed E-state index contributed by atoms with van der Waals surface area (Å²) >= 11 is 0. The highest BCUT2D eigenvalue weighted by molar-refractivity contribution is 4.92. The Labute approximate surface area is 91.8 Å². The van der Waals surface area contributed by atoms with E-state index in [2.05, 4.69) is 10.2 Å². The number of nitrogens with one attached hydrogen (secondary N) is 1. The first-order valence-corrected chi connectivity index (χ1v) is 6.47. The summed E-state index contributed by atoms with van der Waals surface area (Å²) in [6, 6.07) is 1.66. The molecule has 3 aliphatic rings. The van der Waals surface area contributed by atoms with Crippen LogP contribution in [0.3, 0.4) is 0 Å². The third kappa shape index (κ3) is 2.35. The number of aliphatic hydroxyl groups is 1. The summed E-state index contributed by atoms with van der Waals surface area (Å²) in [5, 5.41) is 12.9. The Morgan fingerprint density at radius 1 is 1.20 bits per heavy atom. The average molecular weight is 210 g/mol. The van der Waals surface area contributed by atoms with Crippen molar-refractivity contribution in [3.8, 4) is 0 Å². The van der Waals surface area contributed by atoms with Crippen molar-refractivity contribution in [1.29, 1.82) is 0 Å². The molecule has 3 nitrogen and oxygen atoms in total. The summed E-state index contributed by atoms with van der Waals surface area (Å²) < 4.78 is 0. The zero-order chi connectivity index (χ0) is 10.3. The molecule has 3 heteroatoms. The summed E-state index contributed by atoms with van der Waals surface area (Å²) in [6.45, 7) is 3.69. The molecule has 3 rings (SSSR count). The van der Waals surface area contributed by atoms with E-state index in [-0.39, 0.29) is 6.10 Å². The third-order valence-corrected chi connectivity index (χ3v) is 4.19. The molecule has 1 atom stereocenters. The maximum absolute atomic E-state index is 9.20.